The van der Waals surface area contributed by atoms with Crippen molar-refractivity contribution in [2.75, 3.05) is 13.1 Å². The van der Waals surface area contributed by atoms with Crippen molar-refractivity contribution >= 4 is 17.4 Å². The van der Waals surface area contributed by atoms with Gasteiger partial charge in [0.25, 0.3) is 0 Å². The average molecular weight is 483 g/mol. The van der Waals surface area contributed by atoms with E-state index in [1.807, 2.05) is 31.6 Å². The number of allylic oxidation sites excluding steroid dienone is 2. The number of aromatic hydroxyl groups is 1. The molecule has 2 aromatic rings. The van der Waals surface area contributed by atoms with Gasteiger partial charge in [-0.1, -0.05) is 12.1 Å². The fourth-order valence-electron chi connectivity index (χ4n) is 3.78. The Morgan fingerprint density at radius 1 is 1.20 bits per heavy atom. The molecule has 2 heterocycles. The highest BCUT2D eigenvalue weighted by Gasteiger charge is 2.27. The van der Waals surface area contributed by atoms with Crippen molar-refractivity contribution in [1.82, 2.24) is 14.7 Å². The molecule has 0 saturated carbocycles. The lowest BCUT2D eigenvalue weighted by atomic mass is 9.97. The predicted octanol–water partition coefficient (Wildman–Crippen LogP) is 3.62. The van der Waals surface area contributed by atoms with Crippen molar-refractivity contribution in [3.63, 3.8) is 0 Å². The number of ether oxygens (including phenoxy) is 1. The van der Waals surface area contributed by atoms with E-state index in [2.05, 4.69) is 18.3 Å². The standard InChI is InChI=1S/C24H34N6O3.C2H4/c1-24(2,3)33-23(32)29-10-8-16(9-11-29)14-30-15-17(13-28-30)19(22(26)27)12-20(25)18-6-4-5-7-21(18)31;1-2/h4-7,12-13,15-16,31H,8-11,14,25-27H2,1-3H3;1-2H2/b20-12-;. The Kier molecular flexibility index (Phi) is 9.39. The Labute approximate surface area is 207 Å². The lowest BCUT2D eigenvalue weighted by Crippen LogP contribution is -2.42. The highest BCUT2D eigenvalue weighted by molar-refractivity contribution is 5.84. The summed E-state index contributed by atoms with van der Waals surface area (Å²) >= 11 is 0. The maximum absolute atomic E-state index is 12.3. The van der Waals surface area contributed by atoms with Crippen LogP contribution in [0.4, 0.5) is 4.79 Å². The number of para-hydroxylation sites is 1. The van der Waals surface area contributed by atoms with Crippen molar-refractivity contribution in [1.29, 1.82) is 0 Å². The first-order valence-corrected chi connectivity index (χ1v) is 11.5. The van der Waals surface area contributed by atoms with Crippen molar-refractivity contribution in [2.45, 2.75) is 45.8 Å². The van der Waals surface area contributed by atoms with Gasteiger partial charge >= 0.3 is 6.09 Å². The van der Waals surface area contributed by atoms with Crippen LogP contribution in [0.3, 0.4) is 0 Å². The van der Waals surface area contributed by atoms with E-state index in [0.29, 0.717) is 35.8 Å². The maximum Gasteiger partial charge on any atom is 0.410 e. The first-order valence-electron chi connectivity index (χ1n) is 11.5. The molecule has 1 aliphatic heterocycles. The van der Waals surface area contributed by atoms with Gasteiger partial charge in [0, 0.05) is 48.2 Å². The summed E-state index contributed by atoms with van der Waals surface area (Å²) in [7, 11) is 0. The van der Waals surface area contributed by atoms with Gasteiger partial charge in [0.15, 0.2) is 0 Å². The molecule has 1 fully saturated rings. The smallest absolute Gasteiger partial charge is 0.410 e. The van der Waals surface area contributed by atoms with Crippen molar-refractivity contribution in [3.05, 3.63) is 72.8 Å². The number of hydrogen-bond donors (Lipinski definition) is 4. The van der Waals surface area contributed by atoms with E-state index in [0.717, 1.165) is 24.9 Å². The largest absolute Gasteiger partial charge is 0.507 e. The summed E-state index contributed by atoms with van der Waals surface area (Å²) < 4.78 is 7.32. The summed E-state index contributed by atoms with van der Waals surface area (Å²) in [5.74, 6) is 0.578. The van der Waals surface area contributed by atoms with Crippen LogP contribution in [0.25, 0.3) is 11.3 Å². The number of nitrogens with two attached hydrogens (primary N) is 3. The van der Waals surface area contributed by atoms with Crippen LogP contribution in [0, 0.1) is 5.92 Å². The number of piperidine rings is 1. The molecule has 1 amide bonds. The molecule has 9 heteroatoms. The highest BCUT2D eigenvalue weighted by atomic mass is 16.6. The SMILES string of the molecule is C=C.CC(C)(C)OC(=O)N1CCC(Cn2cc(C(/C=C(\N)c3ccccc3O)=C(N)N)cn2)CC1. The molecule has 9 nitrogen and oxygen atoms in total. The molecule has 0 bridgehead atoms. The Morgan fingerprint density at radius 2 is 1.83 bits per heavy atom. The third-order valence-corrected chi connectivity index (χ3v) is 5.48. The van der Waals surface area contributed by atoms with E-state index >= 15 is 0 Å². The zero-order valence-corrected chi connectivity index (χ0v) is 20.9. The van der Waals surface area contributed by atoms with Gasteiger partial charge in [0.2, 0.25) is 0 Å². The summed E-state index contributed by atoms with van der Waals surface area (Å²) in [5, 5.41) is 14.5. The molecule has 1 aliphatic rings. The number of carbonyl (C=O) groups is 1. The summed E-state index contributed by atoms with van der Waals surface area (Å²) in [6.07, 6.45) is 6.70. The third kappa shape index (κ3) is 7.84. The van der Waals surface area contributed by atoms with Crippen LogP contribution >= 0.6 is 0 Å². The number of rotatable bonds is 5. The zero-order chi connectivity index (χ0) is 26.2. The molecule has 190 valence electrons. The van der Waals surface area contributed by atoms with Crippen LogP contribution in [0.2, 0.25) is 0 Å². The Hall–Kier alpha value is -3.88. The number of phenolic OH excluding ortho intramolecular Hbond substituents is 1. The van der Waals surface area contributed by atoms with E-state index < -0.39 is 5.60 Å². The number of phenols is 1. The Balaban J connectivity index is 0.00000210. The molecule has 35 heavy (non-hydrogen) atoms. The minimum absolute atomic E-state index is 0.0783. The molecule has 1 aromatic carbocycles. The molecule has 0 unspecified atom stereocenters. The van der Waals surface area contributed by atoms with Gasteiger partial charge in [-0.3, -0.25) is 4.68 Å². The van der Waals surface area contributed by atoms with Gasteiger partial charge in [-0.15, -0.1) is 13.2 Å². The molecule has 0 spiro atoms. The highest BCUT2D eigenvalue weighted by Crippen LogP contribution is 2.26. The Bertz CT molecular complexity index is 1060. The quantitative estimate of drug-likeness (QED) is 0.376. The fourth-order valence-corrected chi connectivity index (χ4v) is 3.78. The number of carbonyl (C=O) groups excluding carboxylic acids is 1. The molecule has 1 aromatic heterocycles. The zero-order valence-electron chi connectivity index (χ0n) is 20.9. The monoisotopic (exact) mass is 482 g/mol. The summed E-state index contributed by atoms with van der Waals surface area (Å²) in [6, 6.07) is 6.80. The first kappa shape index (κ1) is 27.4. The van der Waals surface area contributed by atoms with Gasteiger partial charge in [0.1, 0.15) is 17.2 Å². The lowest BCUT2D eigenvalue weighted by Gasteiger charge is -2.33. The molecule has 7 N–H and O–H groups in total. The van der Waals surface area contributed by atoms with Gasteiger partial charge in [-0.2, -0.15) is 5.10 Å². The predicted molar refractivity (Wildman–Crippen MR) is 140 cm³/mol. The Morgan fingerprint density at radius 3 is 2.40 bits per heavy atom. The van der Waals surface area contributed by atoms with Crippen LogP contribution in [0.1, 0.15) is 44.7 Å². The van der Waals surface area contributed by atoms with Gasteiger partial charge in [-0.05, 0) is 57.7 Å². The van der Waals surface area contributed by atoms with Crippen LogP contribution < -0.4 is 17.2 Å². The number of aromatic nitrogens is 2. The van der Waals surface area contributed by atoms with E-state index in [1.54, 1.807) is 41.4 Å². The van der Waals surface area contributed by atoms with Crippen LogP contribution in [-0.2, 0) is 11.3 Å². The molecule has 0 atom stereocenters. The van der Waals surface area contributed by atoms with Crippen molar-refractivity contribution in [2.24, 2.45) is 23.1 Å². The van der Waals surface area contributed by atoms with Crippen LogP contribution in [-0.4, -0.2) is 44.6 Å². The minimum Gasteiger partial charge on any atom is -0.507 e. The van der Waals surface area contributed by atoms with Crippen LogP contribution in [0.5, 0.6) is 5.75 Å². The van der Waals surface area contributed by atoms with Gasteiger partial charge in [-0.25, -0.2) is 4.79 Å². The molecule has 0 aliphatic carbocycles. The van der Waals surface area contributed by atoms with Gasteiger partial charge in [0.05, 0.1) is 6.20 Å². The summed E-state index contributed by atoms with van der Waals surface area (Å²) in [5.41, 5.74) is 19.7. The van der Waals surface area contributed by atoms with Crippen LogP contribution in [0.15, 0.2) is 61.7 Å². The van der Waals surface area contributed by atoms with Gasteiger partial charge < -0.3 is 31.9 Å². The number of amides is 1. The van der Waals surface area contributed by atoms with E-state index in [4.69, 9.17) is 21.9 Å². The molecule has 0 radical (unpaired) electrons. The second kappa shape index (κ2) is 12.0. The molecular weight excluding hydrogens is 444 g/mol. The molecular formula is C26H38N6O3. The third-order valence-electron chi connectivity index (χ3n) is 5.48. The average Bonchev–Trinajstić information content (AvgIpc) is 3.26. The fraction of sp³-hybridized carbons (Fsp3) is 0.385. The first-order chi connectivity index (χ1) is 16.5. The number of likely N-dealkylation sites (tertiary alicyclic amines) is 1. The maximum atomic E-state index is 12.3. The number of benzene rings is 1. The number of hydrogen-bond acceptors (Lipinski definition) is 7. The molecule has 1 saturated heterocycles. The number of nitrogens with zero attached hydrogens (tertiary/aromatic N) is 3. The normalized spacial score (nSPS) is 14.6. The minimum atomic E-state index is -0.493. The second-order valence-electron chi connectivity index (χ2n) is 9.35. The van der Waals surface area contributed by atoms with E-state index in [-0.39, 0.29) is 17.7 Å². The topological polar surface area (TPSA) is 146 Å². The van der Waals surface area contributed by atoms with E-state index in [1.165, 1.54) is 0 Å². The van der Waals surface area contributed by atoms with E-state index in [9.17, 15) is 9.90 Å². The van der Waals surface area contributed by atoms with Crippen molar-refractivity contribution in [3.8, 4) is 5.75 Å². The lowest BCUT2D eigenvalue weighted by molar-refractivity contribution is 0.0177. The second-order valence-corrected chi connectivity index (χ2v) is 9.35. The van der Waals surface area contributed by atoms with Crippen molar-refractivity contribution < 1.29 is 14.6 Å². The molecule has 3 rings (SSSR count). The summed E-state index contributed by atoms with van der Waals surface area (Å²) in [6.45, 7) is 13.7. The summed E-state index contributed by atoms with van der Waals surface area (Å²) in [4.78, 5) is 14.0.